The first-order valence-corrected chi connectivity index (χ1v) is 9.79. The summed E-state index contributed by atoms with van der Waals surface area (Å²) in [4.78, 5) is 0. The van der Waals surface area contributed by atoms with Gasteiger partial charge in [0, 0.05) is 23.2 Å². The largest absolute Gasteiger partial charge is 0.311 e. The quantitative estimate of drug-likeness (QED) is 0.527. The van der Waals surface area contributed by atoms with Gasteiger partial charge in [-0.05, 0) is 53.9 Å². The van der Waals surface area contributed by atoms with Crippen LogP contribution < -0.4 is 10.6 Å². The molecule has 1 fully saturated rings. The topological polar surface area (TPSA) is 24.1 Å². The molecule has 1 aliphatic heterocycles. The Balaban J connectivity index is 2.17. The van der Waals surface area contributed by atoms with Gasteiger partial charge in [-0.15, -0.1) is 0 Å². The van der Waals surface area contributed by atoms with Crippen LogP contribution in [-0.2, 0) is 0 Å². The molecule has 1 heterocycles. The first-order valence-electron chi connectivity index (χ1n) is 9.79. The molecule has 2 nitrogen and oxygen atoms in total. The second-order valence-electron chi connectivity index (χ2n) is 8.98. The Morgan fingerprint density at radius 1 is 0.909 bits per heavy atom. The monoisotopic (exact) mass is 310 g/mol. The second-order valence-corrected chi connectivity index (χ2v) is 8.98. The highest BCUT2D eigenvalue weighted by Crippen LogP contribution is 2.29. The first-order chi connectivity index (χ1) is 10.2. The van der Waals surface area contributed by atoms with Crippen LogP contribution >= 0.6 is 0 Å². The van der Waals surface area contributed by atoms with Crippen molar-refractivity contribution in [2.24, 2.45) is 0 Å². The third-order valence-corrected chi connectivity index (χ3v) is 4.95. The minimum absolute atomic E-state index is 0.248. The molecule has 2 heteroatoms. The Morgan fingerprint density at radius 3 is 1.95 bits per heavy atom. The van der Waals surface area contributed by atoms with E-state index in [4.69, 9.17) is 0 Å². The van der Waals surface area contributed by atoms with Crippen LogP contribution in [0.1, 0.15) is 106 Å². The fraction of sp³-hybridized carbons (Fsp3) is 1.00. The molecule has 0 aromatic rings. The maximum absolute atomic E-state index is 3.90. The predicted molar refractivity (Wildman–Crippen MR) is 99.5 cm³/mol. The van der Waals surface area contributed by atoms with Gasteiger partial charge in [-0.1, -0.05) is 51.9 Å². The third-order valence-electron chi connectivity index (χ3n) is 4.95. The van der Waals surface area contributed by atoms with E-state index in [2.05, 4.69) is 52.2 Å². The van der Waals surface area contributed by atoms with Gasteiger partial charge in [0.2, 0.25) is 0 Å². The lowest BCUT2D eigenvalue weighted by Gasteiger charge is -2.47. The van der Waals surface area contributed by atoms with Gasteiger partial charge >= 0.3 is 0 Å². The lowest BCUT2D eigenvalue weighted by molar-refractivity contribution is 0.139. The van der Waals surface area contributed by atoms with Crippen molar-refractivity contribution in [1.29, 1.82) is 0 Å². The lowest BCUT2D eigenvalue weighted by Crippen LogP contribution is -2.62. The van der Waals surface area contributed by atoms with Crippen LogP contribution in [0.4, 0.5) is 0 Å². The Bertz CT molecular complexity index is 280. The summed E-state index contributed by atoms with van der Waals surface area (Å²) in [5.74, 6) is 0. The summed E-state index contributed by atoms with van der Waals surface area (Å²) >= 11 is 0. The molecular formula is C20H42N2. The normalized spacial score (nSPS) is 22.6. The minimum atomic E-state index is 0.248. The van der Waals surface area contributed by atoms with Crippen LogP contribution in [0.5, 0.6) is 0 Å². The van der Waals surface area contributed by atoms with E-state index >= 15 is 0 Å². The van der Waals surface area contributed by atoms with E-state index in [1.54, 1.807) is 0 Å². The Hall–Kier alpha value is -0.0800. The van der Waals surface area contributed by atoms with E-state index in [-0.39, 0.29) is 11.1 Å². The van der Waals surface area contributed by atoms with Gasteiger partial charge in [0.05, 0.1) is 0 Å². The van der Waals surface area contributed by atoms with E-state index in [0.717, 1.165) is 0 Å². The summed E-state index contributed by atoms with van der Waals surface area (Å²) < 4.78 is 0. The summed E-state index contributed by atoms with van der Waals surface area (Å²) in [7, 11) is 0. The SMILES string of the molecule is CCCCCCCCC[C@@H](C)NC1CC(C)(C)NC(C)(C)C1. The molecule has 0 aromatic carbocycles. The molecule has 0 saturated carbocycles. The number of rotatable bonds is 10. The molecule has 0 radical (unpaired) electrons. The lowest BCUT2D eigenvalue weighted by atomic mass is 9.79. The van der Waals surface area contributed by atoms with Crippen molar-refractivity contribution >= 4 is 0 Å². The molecule has 1 aliphatic rings. The molecule has 0 aromatic heterocycles. The third kappa shape index (κ3) is 8.53. The highest BCUT2D eigenvalue weighted by Gasteiger charge is 2.37. The van der Waals surface area contributed by atoms with Gasteiger partial charge in [-0.2, -0.15) is 0 Å². The molecule has 132 valence electrons. The minimum Gasteiger partial charge on any atom is -0.311 e. The fourth-order valence-electron chi connectivity index (χ4n) is 4.33. The van der Waals surface area contributed by atoms with E-state index in [1.807, 2.05) is 0 Å². The summed E-state index contributed by atoms with van der Waals surface area (Å²) in [5, 5.41) is 7.67. The van der Waals surface area contributed by atoms with Gasteiger partial charge in [-0.3, -0.25) is 0 Å². The second kappa shape index (κ2) is 9.27. The maximum Gasteiger partial charge on any atom is 0.0144 e. The number of hydrogen-bond acceptors (Lipinski definition) is 2. The highest BCUT2D eigenvalue weighted by molar-refractivity contribution is 4.99. The van der Waals surface area contributed by atoms with Crippen molar-refractivity contribution < 1.29 is 0 Å². The Morgan fingerprint density at radius 2 is 1.41 bits per heavy atom. The molecule has 0 unspecified atom stereocenters. The van der Waals surface area contributed by atoms with Gasteiger partial charge in [-0.25, -0.2) is 0 Å². The van der Waals surface area contributed by atoms with Crippen molar-refractivity contribution in [3.63, 3.8) is 0 Å². The van der Waals surface area contributed by atoms with Crippen molar-refractivity contribution in [3.05, 3.63) is 0 Å². The Kier molecular flexibility index (Phi) is 8.42. The van der Waals surface area contributed by atoms with Crippen LogP contribution in [0, 0.1) is 0 Å². The standard InChI is InChI=1S/C20H42N2/c1-7-8-9-10-11-12-13-14-17(2)21-18-15-19(3,4)22-20(5,6)16-18/h17-18,21-22H,7-16H2,1-6H3/t17-/m1/s1. The summed E-state index contributed by atoms with van der Waals surface area (Å²) in [6.07, 6.45) is 13.7. The highest BCUT2D eigenvalue weighted by atomic mass is 15.1. The summed E-state index contributed by atoms with van der Waals surface area (Å²) in [6.45, 7) is 14.0. The number of nitrogens with one attached hydrogen (secondary N) is 2. The fourth-order valence-corrected chi connectivity index (χ4v) is 4.33. The zero-order chi connectivity index (χ0) is 16.6. The molecule has 2 N–H and O–H groups in total. The molecular weight excluding hydrogens is 268 g/mol. The summed E-state index contributed by atoms with van der Waals surface area (Å²) in [6, 6.07) is 1.32. The summed E-state index contributed by atoms with van der Waals surface area (Å²) in [5.41, 5.74) is 0.497. The average molecular weight is 311 g/mol. The van der Waals surface area contributed by atoms with Crippen LogP contribution in [-0.4, -0.2) is 23.2 Å². The first kappa shape index (κ1) is 20.0. The predicted octanol–water partition coefficient (Wildman–Crippen LogP) is 5.41. The van der Waals surface area contributed by atoms with E-state index in [0.29, 0.717) is 12.1 Å². The smallest absolute Gasteiger partial charge is 0.0144 e. The van der Waals surface area contributed by atoms with Crippen LogP contribution in [0.3, 0.4) is 0 Å². The van der Waals surface area contributed by atoms with Crippen LogP contribution in [0.25, 0.3) is 0 Å². The van der Waals surface area contributed by atoms with Crippen LogP contribution in [0.2, 0.25) is 0 Å². The van der Waals surface area contributed by atoms with Gasteiger partial charge < -0.3 is 10.6 Å². The van der Waals surface area contributed by atoms with E-state index < -0.39 is 0 Å². The molecule has 0 amide bonds. The van der Waals surface area contributed by atoms with Crippen molar-refractivity contribution in [3.8, 4) is 0 Å². The van der Waals surface area contributed by atoms with Crippen molar-refractivity contribution in [2.75, 3.05) is 0 Å². The van der Waals surface area contributed by atoms with Gasteiger partial charge in [0.25, 0.3) is 0 Å². The van der Waals surface area contributed by atoms with Crippen molar-refractivity contribution in [2.45, 2.75) is 129 Å². The number of piperidine rings is 1. The van der Waals surface area contributed by atoms with Gasteiger partial charge in [0.1, 0.15) is 0 Å². The van der Waals surface area contributed by atoms with Crippen molar-refractivity contribution in [1.82, 2.24) is 10.6 Å². The maximum atomic E-state index is 3.90. The molecule has 0 spiro atoms. The molecule has 1 saturated heterocycles. The average Bonchev–Trinajstić information content (AvgIpc) is 2.33. The molecule has 22 heavy (non-hydrogen) atoms. The zero-order valence-electron chi connectivity index (χ0n) is 16.2. The van der Waals surface area contributed by atoms with Gasteiger partial charge in [0.15, 0.2) is 0 Å². The molecule has 0 aliphatic carbocycles. The number of hydrogen-bond donors (Lipinski definition) is 2. The van der Waals surface area contributed by atoms with E-state index in [9.17, 15) is 0 Å². The Labute approximate surface area is 140 Å². The molecule has 0 bridgehead atoms. The molecule has 1 atom stereocenters. The number of unbranched alkanes of at least 4 members (excludes halogenated alkanes) is 6. The molecule has 1 rings (SSSR count). The van der Waals surface area contributed by atoms with E-state index in [1.165, 1.54) is 64.2 Å². The van der Waals surface area contributed by atoms with Crippen LogP contribution in [0.15, 0.2) is 0 Å². The zero-order valence-corrected chi connectivity index (χ0v) is 16.2.